The summed E-state index contributed by atoms with van der Waals surface area (Å²) >= 11 is 1.77. The second kappa shape index (κ2) is 9.56. The van der Waals surface area contributed by atoms with E-state index < -0.39 is 0 Å². The zero-order valence-corrected chi connectivity index (χ0v) is 15.8. The van der Waals surface area contributed by atoms with Gasteiger partial charge in [-0.05, 0) is 48.8 Å². The van der Waals surface area contributed by atoms with Crippen LogP contribution in [-0.2, 0) is 0 Å². The van der Waals surface area contributed by atoms with E-state index in [1.807, 2.05) is 13.0 Å². The lowest BCUT2D eigenvalue weighted by atomic mass is 9.97. The monoisotopic (exact) mass is 334 g/mol. The number of nitrogen functional groups attached to an aromatic ring is 1. The highest BCUT2D eigenvalue weighted by Crippen LogP contribution is 2.32. The summed E-state index contributed by atoms with van der Waals surface area (Å²) in [6, 6.07) is 4.05. The molecule has 23 heavy (non-hydrogen) atoms. The molecule has 0 aliphatic carbocycles. The smallest absolute Gasteiger partial charge is 0.123 e. The third-order valence-corrected chi connectivity index (χ3v) is 4.83. The molecule has 0 fully saturated rings. The Hall–Kier alpha value is -1.55. The Balaban J connectivity index is 2.77. The maximum atomic E-state index is 6.29. The molecule has 0 aromatic heterocycles. The van der Waals surface area contributed by atoms with E-state index in [-0.39, 0.29) is 0 Å². The number of hydrogen-bond donors (Lipinski definition) is 2. The Bertz CT molecular complexity index is 577. The molecule has 0 saturated heterocycles. The molecule has 0 radical (unpaired) electrons. The van der Waals surface area contributed by atoms with Crippen LogP contribution in [0.25, 0.3) is 5.57 Å². The highest BCUT2D eigenvalue weighted by molar-refractivity contribution is 8.02. The van der Waals surface area contributed by atoms with Gasteiger partial charge < -0.3 is 16.2 Å². The number of benzene rings is 1. The number of nitrogens with two attached hydrogens (primary N) is 2. The molecule has 0 atom stereocenters. The van der Waals surface area contributed by atoms with E-state index in [9.17, 15) is 0 Å². The first-order chi connectivity index (χ1) is 10.9. The average Bonchev–Trinajstić information content (AvgIpc) is 2.53. The first-order valence-corrected chi connectivity index (χ1v) is 9.16. The number of ether oxygens (including phenoxy) is 1. The third kappa shape index (κ3) is 5.54. The summed E-state index contributed by atoms with van der Waals surface area (Å²) in [4.78, 5) is 0. The van der Waals surface area contributed by atoms with Gasteiger partial charge in [0.2, 0.25) is 0 Å². The van der Waals surface area contributed by atoms with Crippen molar-refractivity contribution in [1.82, 2.24) is 0 Å². The second-order valence-electron chi connectivity index (χ2n) is 5.87. The van der Waals surface area contributed by atoms with Crippen molar-refractivity contribution in [3.05, 3.63) is 40.4 Å². The molecule has 0 unspecified atom stereocenters. The van der Waals surface area contributed by atoms with Crippen molar-refractivity contribution >= 4 is 23.0 Å². The van der Waals surface area contributed by atoms with Gasteiger partial charge in [-0.2, -0.15) is 0 Å². The maximum Gasteiger partial charge on any atom is 0.123 e. The van der Waals surface area contributed by atoms with Crippen LogP contribution in [-0.4, -0.2) is 12.9 Å². The van der Waals surface area contributed by atoms with E-state index in [0.717, 1.165) is 46.9 Å². The van der Waals surface area contributed by atoms with Gasteiger partial charge in [0.15, 0.2) is 0 Å². The Kier molecular flexibility index (Phi) is 8.10. The molecular weight excluding hydrogens is 304 g/mol. The fourth-order valence-electron chi connectivity index (χ4n) is 2.25. The van der Waals surface area contributed by atoms with Crippen LogP contribution in [0.4, 0.5) is 5.69 Å². The number of rotatable bonds is 8. The number of methoxy groups -OCH3 is 1. The van der Waals surface area contributed by atoms with Crippen LogP contribution in [0.1, 0.15) is 44.7 Å². The lowest BCUT2D eigenvalue weighted by Gasteiger charge is -2.14. The molecule has 0 aliphatic heterocycles. The van der Waals surface area contributed by atoms with Gasteiger partial charge in [-0.1, -0.05) is 26.8 Å². The molecule has 4 heteroatoms. The number of thioether (sulfide) groups is 1. The third-order valence-electron chi connectivity index (χ3n) is 3.92. The van der Waals surface area contributed by atoms with Crippen LogP contribution >= 0.6 is 11.8 Å². The molecule has 1 rings (SSSR count). The maximum absolute atomic E-state index is 6.29. The van der Waals surface area contributed by atoms with Crippen molar-refractivity contribution in [3.8, 4) is 5.75 Å². The molecule has 128 valence electrons. The van der Waals surface area contributed by atoms with Gasteiger partial charge in [0.1, 0.15) is 5.75 Å². The molecule has 0 heterocycles. The molecule has 1 aromatic carbocycles. The summed E-state index contributed by atoms with van der Waals surface area (Å²) in [5.41, 5.74) is 17.4. The Morgan fingerprint density at radius 2 is 2.04 bits per heavy atom. The Labute approximate surface area is 145 Å². The predicted octanol–water partition coefficient (Wildman–Crippen LogP) is 4.96. The van der Waals surface area contributed by atoms with Crippen molar-refractivity contribution in [2.75, 3.05) is 18.6 Å². The van der Waals surface area contributed by atoms with E-state index in [1.165, 1.54) is 5.57 Å². The Morgan fingerprint density at radius 1 is 1.35 bits per heavy atom. The molecule has 0 bridgehead atoms. The summed E-state index contributed by atoms with van der Waals surface area (Å²) in [7, 11) is 1.67. The molecular formula is C19H30N2OS. The molecule has 0 saturated carbocycles. The Morgan fingerprint density at radius 3 is 2.61 bits per heavy atom. The largest absolute Gasteiger partial charge is 0.496 e. The van der Waals surface area contributed by atoms with Crippen LogP contribution in [0, 0.1) is 12.8 Å². The van der Waals surface area contributed by atoms with Gasteiger partial charge >= 0.3 is 0 Å². The van der Waals surface area contributed by atoms with Crippen LogP contribution in [0.2, 0.25) is 0 Å². The summed E-state index contributed by atoms with van der Waals surface area (Å²) in [6.07, 6.45) is 4.24. The summed E-state index contributed by atoms with van der Waals surface area (Å²) in [5, 5.41) is 2.07. The number of allylic oxidation sites excluding steroid dienone is 3. The van der Waals surface area contributed by atoms with E-state index in [1.54, 1.807) is 18.9 Å². The van der Waals surface area contributed by atoms with E-state index in [2.05, 4.69) is 38.3 Å². The van der Waals surface area contributed by atoms with E-state index >= 15 is 0 Å². The molecule has 4 N–H and O–H groups in total. The topological polar surface area (TPSA) is 61.3 Å². The number of anilines is 1. The van der Waals surface area contributed by atoms with Crippen molar-refractivity contribution in [2.24, 2.45) is 11.7 Å². The van der Waals surface area contributed by atoms with Crippen molar-refractivity contribution in [1.29, 1.82) is 0 Å². The van der Waals surface area contributed by atoms with Gasteiger partial charge in [-0.25, -0.2) is 0 Å². The highest BCUT2D eigenvalue weighted by Gasteiger charge is 2.10. The van der Waals surface area contributed by atoms with Gasteiger partial charge in [-0.15, -0.1) is 11.8 Å². The quantitative estimate of drug-likeness (QED) is 0.521. The van der Waals surface area contributed by atoms with Crippen LogP contribution in [0.15, 0.2) is 29.3 Å². The molecule has 0 amide bonds. The van der Waals surface area contributed by atoms with Crippen LogP contribution in [0.3, 0.4) is 0 Å². The highest BCUT2D eigenvalue weighted by atomic mass is 32.2. The van der Waals surface area contributed by atoms with Crippen LogP contribution in [0.5, 0.6) is 5.75 Å². The fraction of sp³-hybridized carbons (Fsp3) is 0.474. The first-order valence-electron chi connectivity index (χ1n) is 8.11. The minimum absolute atomic E-state index is 0.409. The molecule has 1 aromatic rings. The minimum atomic E-state index is 0.409. The summed E-state index contributed by atoms with van der Waals surface area (Å²) in [5.74, 6) is 2.27. The zero-order valence-electron chi connectivity index (χ0n) is 15.0. The standard InChI is InChI=1S/C19H30N2OS/c1-6-15(8-7-11-23-12-17(20)13(2)3)16-9-10-18(22-5)14(4)19(16)21/h8-10,12-13H,6-7,11,20-21H2,1-5H3/b15-8-,17-12-. The lowest BCUT2D eigenvalue weighted by molar-refractivity contribution is 0.412. The van der Waals surface area contributed by atoms with Crippen molar-refractivity contribution in [3.63, 3.8) is 0 Å². The van der Waals surface area contributed by atoms with Gasteiger partial charge in [0.25, 0.3) is 0 Å². The predicted molar refractivity (Wildman–Crippen MR) is 105 cm³/mol. The van der Waals surface area contributed by atoms with Gasteiger partial charge in [0, 0.05) is 28.3 Å². The van der Waals surface area contributed by atoms with E-state index in [0.29, 0.717) is 5.92 Å². The second-order valence-corrected chi connectivity index (χ2v) is 6.85. The molecule has 0 spiro atoms. The lowest BCUT2D eigenvalue weighted by Crippen LogP contribution is -2.03. The summed E-state index contributed by atoms with van der Waals surface area (Å²) in [6.45, 7) is 8.38. The van der Waals surface area contributed by atoms with Gasteiger partial charge in [0.05, 0.1) is 7.11 Å². The van der Waals surface area contributed by atoms with Crippen molar-refractivity contribution < 1.29 is 4.74 Å². The SMILES string of the molecule is CC/C(=C/CCS/C=C(\N)C(C)C)c1ccc(OC)c(C)c1N. The molecule has 0 aliphatic rings. The molecule has 3 nitrogen and oxygen atoms in total. The van der Waals surface area contributed by atoms with Gasteiger partial charge in [-0.3, -0.25) is 0 Å². The average molecular weight is 335 g/mol. The zero-order chi connectivity index (χ0) is 17.4. The number of hydrogen-bond acceptors (Lipinski definition) is 4. The van der Waals surface area contributed by atoms with Crippen LogP contribution < -0.4 is 16.2 Å². The fourth-order valence-corrected chi connectivity index (χ4v) is 3.08. The normalized spacial score (nSPS) is 12.8. The minimum Gasteiger partial charge on any atom is -0.496 e. The van der Waals surface area contributed by atoms with E-state index in [4.69, 9.17) is 16.2 Å². The first kappa shape index (κ1) is 19.5. The van der Waals surface area contributed by atoms with Crippen molar-refractivity contribution in [2.45, 2.75) is 40.5 Å². The summed E-state index contributed by atoms with van der Waals surface area (Å²) < 4.78 is 5.33.